The van der Waals surface area contributed by atoms with Crippen molar-refractivity contribution in [3.8, 4) is 0 Å². The highest BCUT2D eigenvalue weighted by atomic mass is 35.5. The van der Waals surface area contributed by atoms with E-state index in [2.05, 4.69) is 21.7 Å². The molecule has 0 saturated heterocycles. The van der Waals surface area contributed by atoms with Crippen LogP contribution in [0.5, 0.6) is 0 Å². The van der Waals surface area contributed by atoms with E-state index in [1.165, 1.54) is 5.56 Å². The molecular formula is C15H16ClN3O. The van der Waals surface area contributed by atoms with Crippen LogP contribution in [-0.4, -0.2) is 24.0 Å². The van der Waals surface area contributed by atoms with Gasteiger partial charge in [-0.1, -0.05) is 29.8 Å². The van der Waals surface area contributed by atoms with Gasteiger partial charge in [0.1, 0.15) is 10.8 Å². The lowest BCUT2D eigenvalue weighted by Crippen LogP contribution is -2.29. The summed E-state index contributed by atoms with van der Waals surface area (Å²) >= 11 is 5.74. The molecule has 0 fully saturated rings. The van der Waals surface area contributed by atoms with E-state index in [1.807, 2.05) is 25.1 Å². The van der Waals surface area contributed by atoms with Gasteiger partial charge in [0.2, 0.25) is 0 Å². The summed E-state index contributed by atoms with van der Waals surface area (Å²) < 4.78 is 0. The fourth-order valence-electron chi connectivity index (χ4n) is 1.76. The first-order valence-corrected chi connectivity index (χ1v) is 6.74. The van der Waals surface area contributed by atoms with E-state index in [-0.39, 0.29) is 5.91 Å². The number of nitrogens with one attached hydrogen (secondary N) is 2. The molecule has 2 aromatic rings. The largest absolute Gasteiger partial charge is 0.383 e. The van der Waals surface area contributed by atoms with Gasteiger partial charge in [-0.3, -0.25) is 4.79 Å². The molecule has 5 heteroatoms. The van der Waals surface area contributed by atoms with Crippen molar-refractivity contribution in [1.29, 1.82) is 0 Å². The number of aromatic nitrogens is 1. The number of hydrogen-bond acceptors (Lipinski definition) is 3. The number of pyridine rings is 1. The summed E-state index contributed by atoms with van der Waals surface area (Å²) in [4.78, 5) is 15.8. The summed E-state index contributed by atoms with van der Waals surface area (Å²) in [5.41, 5.74) is 2.57. The van der Waals surface area contributed by atoms with Crippen LogP contribution in [0.2, 0.25) is 5.15 Å². The lowest BCUT2D eigenvalue weighted by Gasteiger charge is -2.08. The number of aryl methyl sites for hydroxylation is 1. The van der Waals surface area contributed by atoms with Crippen LogP contribution < -0.4 is 10.6 Å². The van der Waals surface area contributed by atoms with E-state index in [9.17, 15) is 4.79 Å². The molecule has 2 N–H and O–H groups in total. The smallest absolute Gasteiger partial charge is 0.270 e. The van der Waals surface area contributed by atoms with E-state index in [4.69, 9.17) is 11.6 Å². The van der Waals surface area contributed by atoms with Gasteiger partial charge in [0.05, 0.1) is 0 Å². The van der Waals surface area contributed by atoms with Crippen LogP contribution in [0.25, 0.3) is 0 Å². The van der Waals surface area contributed by atoms with E-state index >= 15 is 0 Å². The minimum atomic E-state index is -0.224. The fourth-order valence-corrected chi connectivity index (χ4v) is 1.93. The van der Waals surface area contributed by atoms with Crippen molar-refractivity contribution in [1.82, 2.24) is 10.3 Å². The summed E-state index contributed by atoms with van der Waals surface area (Å²) in [5, 5.41) is 6.35. The van der Waals surface area contributed by atoms with Gasteiger partial charge in [-0.2, -0.15) is 0 Å². The normalized spacial score (nSPS) is 10.1. The van der Waals surface area contributed by atoms with Crippen molar-refractivity contribution < 1.29 is 4.79 Å². The summed E-state index contributed by atoms with van der Waals surface area (Å²) in [6.07, 6.45) is 0. The molecule has 20 heavy (non-hydrogen) atoms. The molecule has 1 heterocycles. The Labute approximate surface area is 123 Å². The number of anilines is 1. The van der Waals surface area contributed by atoms with Crippen molar-refractivity contribution in [3.63, 3.8) is 0 Å². The van der Waals surface area contributed by atoms with E-state index in [0.29, 0.717) is 23.9 Å². The van der Waals surface area contributed by atoms with Gasteiger partial charge < -0.3 is 10.6 Å². The Morgan fingerprint density at radius 3 is 2.75 bits per heavy atom. The van der Waals surface area contributed by atoms with E-state index < -0.39 is 0 Å². The number of rotatable bonds is 5. The maximum absolute atomic E-state index is 11.8. The number of halogens is 1. The third kappa shape index (κ3) is 4.24. The van der Waals surface area contributed by atoms with Crippen LogP contribution in [0.4, 0.5) is 5.69 Å². The predicted octanol–water partition coefficient (Wildman–Crippen LogP) is 2.89. The van der Waals surface area contributed by atoms with Gasteiger partial charge in [-0.05, 0) is 36.8 Å². The van der Waals surface area contributed by atoms with Gasteiger partial charge in [-0.25, -0.2) is 4.98 Å². The Hall–Kier alpha value is -2.07. The Kier molecular flexibility index (Phi) is 4.96. The average molecular weight is 290 g/mol. The zero-order chi connectivity index (χ0) is 14.4. The second kappa shape index (κ2) is 6.91. The second-order valence-electron chi connectivity index (χ2n) is 4.40. The Balaban J connectivity index is 1.77. The number of nitrogens with zero attached hydrogens (tertiary/aromatic N) is 1. The average Bonchev–Trinajstić information content (AvgIpc) is 2.43. The maximum atomic E-state index is 11.8. The van der Waals surface area contributed by atoms with Crippen molar-refractivity contribution in [2.45, 2.75) is 6.92 Å². The van der Waals surface area contributed by atoms with Crippen LogP contribution >= 0.6 is 11.6 Å². The molecule has 0 spiro atoms. The molecule has 1 amide bonds. The van der Waals surface area contributed by atoms with Crippen LogP contribution in [0, 0.1) is 6.92 Å². The van der Waals surface area contributed by atoms with Crippen LogP contribution in [0.1, 0.15) is 16.1 Å². The fraction of sp³-hybridized carbons (Fsp3) is 0.200. The highest BCUT2D eigenvalue weighted by molar-refractivity contribution is 6.29. The molecule has 0 radical (unpaired) electrons. The Morgan fingerprint density at radius 2 is 2.00 bits per heavy atom. The molecule has 104 valence electrons. The van der Waals surface area contributed by atoms with E-state index in [0.717, 1.165) is 5.69 Å². The second-order valence-corrected chi connectivity index (χ2v) is 4.78. The molecule has 0 aliphatic rings. The topological polar surface area (TPSA) is 54.0 Å². The molecule has 2 rings (SSSR count). The number of carbonyl (C=O) groups excluding carboxylic acids is 1. The number of carbonyl (C=O) groups is 1. The molecule has 0 saturated carbocycles. The molecule has 0 aliphatic carbocycles. The maximum Gasteiger partial charge on any atom is 0.270 e. The van der Waals surface area contributed by atoms with Gasteiger partial charge >= 0.3 is 0 Å². The Bertz CT molecular complexity index is 601. The molecule has 0 aliphatic heterocycles. The zero-order valence-corrected chi connectivity index (χ0v) is 11.9. The van der Waals surface area contributed by atoms with Crippen LogP contribution in [-0.2, 0) is 0 Å². The lowest BCUT2D eigenvalue weighted by molar-refractivity contribution is 0.0950. The van der Waals surface area contributed by atoms with Crippen molar-refractivity contribution >= 4 is 23.2 Å². The summed E-state index contributed by atoms with van der Waals surface area (Å²) in [6.45, 7) is 3.20. The molecule has 4 nitrogen and oxygen atoms in total. The number of benzene rings is 1. The Morgan fingerprint density at radius 1 is 1.20 bits per heavy atom. The number of amides is 1. The van der Waals surface area contributed by atoms with Gasteiger partial charge in [0.15, 0.2) is 0 Å². The molecular weight excluding hydrogens is 274 g/mol. The minimum absolute atomic E-state index is 0.224. The SMILES string of the molecule is Cc1cccc(NCCNC(=O)c2cccc(Cl)n2)c1. The molecule has 1 aromatic heterocycles. The summed E-state index contributed by atoms with van der Waals surface area (Å²) in [6, 6.07) is 13.1. The first-order valence-electron chi connectivity index (χ1n) is 6.36. The highest BCUT2D eigenvalue weighted by Gasteiger charge is 2.06. The van der Waals surface area contributed by atoms with Gasteiger partial charge in [0, 0.05) is 18.8 Å². The highest BCUT2D eigenvalue weighted by Crippen LogP contribution is 2.08. The zero-order valence-electron chi connectivity index (χ0n) is 11.2. The molecule has 1 aromatic carbocycles. The number of hydrogen-bond donors (Lipinski definition) is 2. The summed E-state index contributed by atoms with van der Waals surface area (Å²) in [7, 11) is 0. The van der Waals surface area contributed by atoms with Crippen LogP contribution in [0.3, 0.4) is 0 Å². The first kappa shape index (κ1) is 14.3. The monoisotopic (exact) mass is 289 g/mol. The standard InChI is InChI=1S/C15H16ClN3O/c1-11-4-2-5-12(10-11)17-8-9-18-15(20)13-6-3-7-14(16)19-13/h2-7,10,17H,8-9H2,1H3,(H,18,20). The van der Waals surface area contributed by atoms with Crippen LogP contribution in [0.15, 0.2) is 42.5 Å². The van der Waals surface area contributed by atoms with Crippen molar-refractivity contribution in [3.05, 3.63) is 58.9 Å². The molecule has 0 unspecified atom stereocenters. The minimum Gasteiger partial charge on any atom is -0.383 e. The quantitative estimate of drug-likeness (QED) is 0.657. The molecule has 0 bridgehead atoms. The van der Waals surface area contributed by atoms with E-state index in [1.54, 1.807) is 18.2 Å². The summed E-state index contributed by atoms with van der Waals surface area (Å²) in [5.74, 6) is -0.224. The van der Waals surface area contributed by atoms with Crippen molar-refractivity contribution in [2.75, 3.05) is 18.4 Å². The third-order valence-corrected chi connectivity index (χ3v) is 2.92. The van der Waals surface area contributed by atoms with Crippen molar-refractivity contribution in [2.24, 2.45) is 0 Å². The van der Waals surface area contributed by atoms with Gasteiger partial charge in [-0.15, -0.1) is 0 Å². The molecule has 0 atom stereocenters. The first-order chi connectivity index (χ1) is 9.65. The third-order valence-electron chi connectivity index (χ3n) is 2.71. The lowest BCUT2D eigenvalue weighted by atomic mass is 10.2. The predicted molar refractivity (Wildman–Crippen MR) is 81.2 cm³/mol. The van der Waals surface area contributed by atoms with Gasteiger partial charge in [0.25, 0.3) is 5.91 Å².